The van der Waals surface area contributed by atoms with Gasteiger partial charge in [0.25, 0.3) is 12.3 Å². The average Bonchev–Trinajstić information content (AvgIpc) is 3.48. The number of hydrogen-bond donors (Lipinski definition) is 2. The number of fused-ring (bicyclic) bond motifs is 1. The van der Waals surface area contributed by atoms with Crippen LogP contribution in [0.1, 0.15) is 52.7 Å². The first kappa shape index (κ1) is 26.9. The maximum absolute atomic E-state index is 13.8. The Labute approximate surface area is 224 Å². The summed E-state index contributed by atoms with van der Waals surface area (Å²) in [5.74, 6) is -1.71. The Morgan fingerprint density at radius 1 is 1.19 bits per heavy atom. The van der Waals surface area contributed by atoms with Crippen LogP contribution in [0.4, 0.5) is 14.5 Å². The van der Waals surface area contributed by atoms with Crippen molar-refractivity contribution in [1.29, 1.82) is 0 Å². The average molecular weight is 594 g/mol. The van der Waals surface area contributed by atoms with E-state index in [0.29, 0.717) is 35.3 Å². The summed E-state index contributed by atoms with van der Waals surface area (Å²) in [6.45, 7) is 10.0. The highest BCUT2D eigenvalue weighted by Gasteiger charge is 2.27. The van der Waals surface area contributed by atoms with Crippen LogP contribution in [0.25, 0.3) is 21.3 Å². The van der Waals surface area contributed by atoms with E-state index in [9.17, 15) is 18.4 Å². The topological polar surface area (TPSA) is 121 Å². The molecule has 1 unspecified atom stereocenters. The van der Waals surface area contributed by atoms with Gasteiger partial charge in [0, 0.05) is 29.4 Å². The predicted octanol–water partition coefficient (Wildman–Crippen LogP) is 5.38. The quantitative estimate of drug-likeness (QED) is 0.284. The fraction of sp³-hybridized carbons (Fsp3) is 0.375. The maximum atomic E-state index is 13.8. The van der Waals surface area contributed by atoms with Crippen LogP contribution in [0, 0.1) is 26.7 Å². The molecule has 0 spiro atoms. The summed E-state index contributed by atoms with van der Waals surface area (Å²) in [6.07, 6.45) is -1.09. The number of carbonyl (C=O) groups excluding carboxylic acids is 2. The van der Waals surface area contributed by atoms with E-state index in [-0.39, 0.29) is 21.3 Å². The van der Waals surface area contributed by atoms with Gasteiger partial charge in [-0.2, -0.15) is 10.2 Å². The van der Waals surface area contributed by atoms with Crippen LogP contribution in [-0.2, 0) is 17.9 Å². The smallest absolute Gasteiger partial charge is 0.280 e. The van der Waals surface area contributed by atoms with Crippen molar-refractivity contribution in [2.45, 2.75) is 54.1 Å². The van der Waals surface area contributed by atoms with Gasteiger partial charge in [-0.3, -0.25) is 19.0 Å². The number of aromatic nitrogens is 5. The second-order valence-electron chi connectivity index (χ2n) is 8.79. The minimum absolute atomic E-state index is 0.0325. The molecule has 0 fully saturated rings. The molecule has 196 valence electrons. The third kappa shape index (κ3) is 5.01. The molecule has 9 nitrogen and oxygen atoms in total. The van der Waals surface area contributed by atoms with Gasteiger partial charge in [-0.15, -0.1) is 11.3 Å². The molecule has 1 atom stereocenters. The normalized spacial score (nSPS) is 12.5. The number of rotatable bonds is 8. The van der Waals surface area contributed by atoms with Gasteiger partial charge < -0.3 is 11.1 Å². The Kier molecular flexibility index (Phi) is 7.47. The Morgan fingerprint density at radius 3 is 2.43 bits per heavy atom. The van der Waals surface area contributed by atoms with Crippen LogP contribution in [0.3, 0.4) is 0 Å². The van der Waals surface area contributed by atoms with Crippen molar-refractivity contribution in [3.8, 4) is 11.1 Å². The van der Waals surface area contributed by atoms with Crippen molar-refractivity contribution >= 4 is 55.0 Å². The number of carbonyl (C=O) groups is 2. The van der Waals surface area contributed by atoms with E-state index in [0.717, 1.165) is 27.2 Å². The van der Waals surface area contributed by atoms with Crippen LogP contribution < -0.4 is 11.1 Å². The van der Waals surface area contributed by atoms with E-state index in [1.165, 1.54) is 6.07 Å². The standard InChI is InChI=1S/C24H26BrF2N7O2S/c1-6-33-9-15(11(3)31-33)14-7-16(21(26)27)29-24-17(14)19(20(37-24)22(28)35)30-23(36)10(2)8-34-13(5)18(25)12(4)32-34/h7,9-10,21H,6,8H2,1-5H3,(H2,28,35)(H,30,36). The van der Waals surface area contributed by atoms with E-state index in [1.807, 2.05) is 20.8 Å². The van der Waals surface area contributed by atoms with Gasteiger partial charge in [0.1, 0.15) is 15.4 Å². The number of nitrogens with two attached hydrogens (primary N) is 1. The van der Waals surface area contributed by atoms with Crippen molar-refractivity contribution in [2.24, 2.45) is 11.7 Å². The lowest BCUT2D eigenvalue weighted by atomic mass is 10.0. The molecule has 0 radical (unpaired) electrons. The molecule has 0 bridgehead atoms. The molecule has 4 aromatic heterocycles. The first-order valence-electron chi connectivity index (χ1n) is 11.5. The van der Waals surface area contributed by atoms with E-state index in [1.54, 1.807) is 29.4 Å². The summed E-state index contributed by atoms with van der Waals surface area (Å²) in [5, 5.41) is 12.1. The molecule has 0 aliphatic rings. The van der Waals surface area contributed by atoms with Crippen LogP contribution in [0.15, 0.2) is 16.7 Å². The summed E-state index contributed by atoms with van der Waals surface area (Å²) < 4.78 is 31.8. The molecule has 13 heteroatoms. The molecule has 4 aromatic rings. The largest absolute Gasteiger partial charge is 0.365 e. The summed E-state index contributed by atoms with van der Waals surface area (Å²) in [5.41, 5.74) is 8.65. The number of nitrogens with zero attached hydrogens (tertiary/aromatic N) is 5. The van der Waals surface area contributed by atoms with Crippen molar-refractivity contribution in [2.75, 3.05) is 5.32 Å². The minimum atomic E-state index is -2.83. The predicted molar refractivity (Wildman–Crippen MR) is 142 cm³/mol. The number of alkyl halides is 2. The highest BCUT2D eigenvalue weighted by molar-refractivity contribution is 9.10. The van der Waals surface area contributed by atoms with Crippen LogP contribution >= 0.6 is 27.3 Å². The lowest BCUT2D eigenvalue weighted by molar-refractivity contribution is -0.119. The number of hydrogen-bond acceptors (Lipinski definition) is 6. The van der Waals surface area contributed by atoms with Crippen LogP contribution in [0.2, 0.25) is 0 Å². The zero-order valence-electron chi connectivity index (χ0n) is 20.9. The number of anilines is 1. The second-order valence-corrected chi connectivity index (χ2v) is 10.6. The van der Waals surface area contributed by atoms with Gasteiger partial charge in [-0.1, -0.05) is 6.92 Å². The first-order valence-corrected chi connectivity index (χ1v) is 13.1. The van der Waals surface area contributed by atoms with Crippen LogP contribution in [-0.4, -0.2) is 36.4 Å². The summed E-state index contributed by atoms with van der Waals surface area (Å²) in [6, 6.07) is 1.28. The summed E-state index contributed by atoms with van der Waals surface area (Å²) in [4.78, 5) is 30.0. The first-order chi connectivity index (χ1) is 17.4. The number of halogens is 3. The Bertz CT molecular complexity index is 1530. The fourth-order valence-electron chi connectivity index (χ4n) is 4.12. The molecule has 0 aliphatic carbocycles. The summed E-state index contributed by atoms with van der Waals surface area (Å²) in [7, 11) is 0. The number of thiophene rings is 1. The number of amides is 2. The van der Waals surface area contributed by atoms with Gasteiger partial charge >= 0.3 is 0 Å². The minimum Gasteiger partial charge on any atom is -0.365 e. The molecular weight excluding hydrogens is 568 g/mol. The number of pyridine rings is 1. The molecule has 0 saturated heterocycles. The fourth-order valence-corrected chi connectivity index (χ4v) is 5.42. The second kappa shape index (κ2) is 10.3. The third-order valence-electron chi connectivity index (χ3n) is 6.13. The molecular formula is C24H26BrF2N7O2S. The van der Waals surface area contributed by atoms with E-state index < -0.39 is 23.9 Å². The molecule has 3 N–H and O–H groups in total. The molecule has 0 aliphatic heterocycles. The lowest BCUT2D eigenvalue weighted by Crippen LogP contribution is -2.26. The zero-order chi connectivity index (χ0) is 27.2. The van der Waals surface area contributed by atoms with E-state index in [2.05, 4.69) is 36.4 Å². The Morgan fingerprint density at radius 2 is 1.89 bits per heavy atom. The SMILES string of the molecule is CCn1cc(-c2cc(C(F)F)nc3sc(C(N)=O)c(NC(=O)C(C)Cn4nc(C)c(Br)c4C)c23)c(C)n1. The van der Waals surface area contributed by atoms with E-state index >= 15 is 0 Å². The third-order valence-corrected chi connectivity index (χ3v) is 8.37. The molecule has 0 saturated carbocycles. The van der Waals surface area contributed by atoms with Gasteiger partial charge in [0.15, 0.2) is 0 Å². The van der Waals surface area contributed by atoms with E-state index in [4.69, 9.17) is 5.73 Å². The number of nitrogens with one attached hydrogen (secondary N) is 1. The number of aryl methyl sites for hydroxylation is 3. The highest BCUT2D eigenvalue weighted by Crippen LogP contribution is 2.43. The Balaban J connectivity index is 1.83. The van der Waals surface area contributed by atoms with Gasteiger partial charge in [0.2, 0.25) is 5.91 Å². The van der Waals surface area contributed by atoms with Crippen molar-refractivity contribution in [1.82, 2.24) is 24.5 Å². The molecule has 4 rings (SSSR count). The van der Waals surface area contributed by atoms with Gasteiger partial charge in [-0.25, -0.2) is 13.8 Å². The highest BCUT2D eigenvalue weighted by atomic mass is 79.9. The van der Waals surface area contributed by atoms with Gasteiger partial charge in [-0.05, 0) is 55.3 Å². The van der Waals surface area contributed by atoms with Crippen LogP contribution in [0.5, 0.6) is 0 Å². The monoisotopic (exact) mass is 593 g/mol. The lowest BCUT2D eigenvalue weighted by Gasteiger charge is -2.15. The zero-order valence-corrected chi connectivity index (χ0v) is 23.3. The summed E-state index contributed by atoms with van der Waals surface area (Å²) >= 11 is 4.36. The number of primary amides is 1. The van der Waals surface area contributed by atoms with Crippen molar-refractivity contribution in [3.63, 3.8) is 0 Å². The molecule has 0 aromatic carbocycles. The molecule has 37 heavy (non-hydrogen) atoms. The Hall–Kier alpha value is -3.19. The van der Waals surface area contributed by atoms with Gasteiger partial charge in [0.05, 0.1) is 34.0 Å². The molecule has 4 heterocycles. The maximum Gasteiger partial charge on any atom is 0.280 e. The molecule has 2 amide bonds. The van der Waals surface area contributed by atoms with Crippen molar-refractivity contribution < 1.29 is 18.4 Å². The van der Waals surface area contributed by atoms with Crippen molar-refractivity contribution in [3.05, 3.63) is 44.4 Å².